The molecule has 0 aromatic heterocycles. The van der Waals surface area contributed by atoms with Gasteiger partial charge < -0.3 is 13.9 Å². The predicted octanol–water partition coefficient (Wildman–Crippen LogP) is 5.31. The predicted molar refractivity (Wildman–Crippen MR) is 116 cm³/mol. The van der Waals surface area contributed by atoms with Gasteiger partial charge in [-0.15, -0.1) is 0 Å². The van der Waals surface area contributed by atoms with E-state index in [9.17, 15) is 9.59 Å². The Balaban J connectivity index is 2.04. The summed E-state index contributed by atoms with van der Waals surface area (Å²) in [7, 11) is 0. The minimum absolute atomic E-state index is 0.158. The Morgan fingerprint density at radius 1 is 1.07 bits per heavy atom. The molecule has 1 aliphatic heterocycles. The molecule has 0 unspecified atom stereocenters. The fourth-order valence-electron chi connectivity index (χ4n) is 3.47. The molecule has 1 heterocycles. The van der Waals surface area contributed by atoms with Crippen molar-refractivity contribution >= 4 is 16.9 Å². The summed E-state index contributed by atoms with van der Waals surface area (Å²) in [5, 5.41) is 0.795. The van der Waals surface area contributed by atoms with Crippen LogP contribution in [0.25, 0.3) is 33.4 Å². The summed E-state index contributed by atoms with van der Waals surface area (Å²) < 4.78 is 16.9. The summed E-state index contributed by atoms with van der Waals surface area (Å²) in [6.45, 7) is 6.07. The smallest absolute Gasteiger partial charge is 0.338 e. The van der Waals surface area contributed by atoms with Crippen LogP contribution in [0.2, 0.25) is 0 Å². The van der Waals surface area contributed by atoms with Gasteiger partial charge in [0, 0.05) is 28.6 Å². The van der Waals surface area contributed by atoms with E-state index in [1.807, 2.05) is 24.3 Å². The maximum Gasteiger partial charge on any atom is 0.338 e. The van der Waals surface area contributed by atoms with Crippen molar-refractivity contribution in [1.29, 1.82) is 0 Å². The van der Waals surface area contributed by atoms with E-state index in [1.54, 1.807) is 37.3 Å². The van der Waals surface area contributed by atoms with Crippen LogP contribution in [0.15, 0.2) is 82.5 Å². The summed E-state index contributed by atoms with van der Waals surface area (Å²) in [5.41, 5.74) is 3.08. The summed E-state index contributed by atoms with van der Waals surface area (Å²) in [5.74, 6) is 0.652. The maximum atomic E-state index is 12.6. The number of fused-ring (bicyclic) bond motifs is 2. The highest BCUT2D eigenvalue weighted by molar-refractivity contribution is 6.07. The van der Waals surface area contributed by atoms with Gasteiger partial charge in [0.15, 0.2) is 5.43 Å². The lowest BCUT2D eigenvalue weighted by Gasteiger charge is -2.17. The molecule has 0 saturated carbocycles. The van der Waals surface area contributed by atoms with Gasteiger partial charge in [0.05, 0.1) is 12.2 Å². The summed E-state index contributed by atoms with van der Waals surface area (Å²) in [6, 6.07) is 17.4. The lowest BCUT2D eigenvalue weighted by Crippen LogP contribution is -2.07. The lowest BCUT2D eigenvalue weighted by molar-refractivity contribution is 0.0527. The number of rotatable bonds is 6. The van der Waals surface area contributed by atoms with Crippen molar-refractivity contribution in [3.05, 3.63) is 89.1 Å². The van der Waals surface area contributed by atoms with Crippen LogP contribution in [0.4, 0.5) is 0 Å². The molecule has 0 amide bonds. The first kappa shape index (κ1) is 19.5. The third-order valence-corrected chi connectivity index (χ3v) is 4.72. The molecule has 0 N–H and O–H groups in total. The van der Waals surface area contributed by atoms with Crippen molar-refractivity contribution in [3.8, 4) is 28.2 Å². The van der Waals surface area contributed by atoms with Crippen LogP contribution >= 0.6 is 0 Å². The number of carbonyl (C=O) groups excluding carboxylic acids is 1. The average Bonchev–Trinajstić information content (AvgIpc) is 2.76. The van der Waals surface area contributed by atoms with E-state index < -0.39 is 5.97 Å². The van der Waals surface area contributed by atoms with E-state index in [1.165, 1.54) is 12.1 Å². The Morgan fingerprint density at radius 3 is 2.70 bits per heavy atom. The van der Waals surface area contributed by atoms with Gasteiger partial charge in [-0.25, -0.2) is 4.79 Å². The number of carbonyl (C=O) groups is 1. The first-order valence-corrected chi connectivity index (χ1v) is 9.63. The van der Waals surface area contributed by atoms with Crippen LogP contribution in [-0.2, 0) is 4.74 Å². The summed E-state index contributed by atoms with van der Waals surface area (Å²) >= 11 is 0. The molecule has 5 heteroatoms. The van der Waals surface area contributed by atoms with Crippen molar-refractivity contribution in [2.75, 3.05) is 13.2 Å². The van der Waals surface area contributed by atoms with Crippen LogP contribution < -0.4 is 10.2 Å². The highest BCUT2D eigenvalue weighted by Gasteiger charge is 2.22. The van der Waals surface area contributed by atoms with Crippen LogP contribution in [0, 0.1) is 0 Å². The topological polar surface area (TPSA) is 65.7 Å². The molecule has 0 saturated heterocycles. The van der Waals surface area contributed by atoms with Gasteiger partial charge in [-0.3, -0.25) is 4.79 Å². The molecule has 0 atom stereocenters. The molecular weight excluding hydrogens is 380 g/mol. The normalized spacial score (nSPS) is 10.8. The van der Waals surface area contributed by atoms with Gasteiger partial charge in [-0.1, -0.05) is 30.9 Å². The van der Waals surface area contributed by atoms with E-state index in [2.05, 4.69) is 6.58 Å². The fraction of sp³-hybridized carbons (Fsp3) is 0.120. The van der Waals surface area contributed by atoms with E-state index >= 15 is 0 Å². The van der Waals surface area contributed by atoms with Crippen molar-refractivity contribution < 1.29 is 18.7 Å². The van der Waals surface area contributed by atoms with E-state index in [-0.39, 0.29) is 12.0 Å². The molecule has 150 valence electrons. The largest absolute Gasteiger partial charge is 0.489 e. The molecule has 0 radical (unpaired) electrons. The highest BCUT2D eigenvalue weighted by Crippen LogP contribution is 2.42. The molecule has 1 aliphatic carbocycles. The van der Waals surface area contributed by atoms with E-state index in [4.69, 9.17) is 13.9 Å². The quantitative estimate of drug-likeness (QED) is 0.249. The van der Waals surface area contributed by atoms with Crippen LogP contribution in [0.5, 0.6) is 5.75 Å². The number of ether oxygens (including phenoxy) is 2. The Hall–Kier alpha value is -3.86. The van der Waals surface area contributed by atoms with Crippen molar-refractivity contribution in [2.45, 2.75) is 6.92 Å². The monoisotopic (exact) mass is 400 g/mol. The highest BCUT2D eigenvalue weighted by atomic mass is 16.5. The first-order valence-electron chi connectivity index (χ1n) is 9.63. The van der Waals surface area contributed by atoms with Gasteiger partial charge in [0.2, 0.25) is 0 Å². The third kappa shape index (κ3) is 3.57. The number of hydrogen-bond donors (Lipinski definition) is 0. The second kappa shape index (κ2) is 8.25. The second-order valence-electron chi connectivity index (χ2n) is 6.66. The molecule has 2 aromatic carbocycles. The molecule has 30 heavy (non-hydrogen) atoms. The molecule has 2 aromatic rings. The van der Waals surface area contributed by atoms with Crippen LogP contribution in [0.3, 0.4) is 0 Å². The van der Waals surface area contributed by atoms with Crippen LogP contribution in [-0.4, -0.2) is 19.2 Å². The zero-order chi connectivity index (χ0) is 21.1. The second-order valence-corrected chi connectivity index (χ2v) is 6.66. The van der Waals surface area contributed by atoms with Gasteiger partial charge in [-0.05, 0) is 42.8 Å². The number of esters is 1. The number of benzene rings is 3. The zero-order valence-electron chi connectivity index (χ0n) is 16.5. The maximum absolute atomic E-state index is 12.6. The first-order chi connectivity index (χ1) is 14.6. The minimum atomic E-state index is -0.401. The molecule has 0 spiro atoms. The van der Waals surface area contributed by atoms with Gasteiger partial charge in [0.25, 0.3) is 0 Å². The molecular formula is C25H20O5. The van der Waals surface area contributed by atoms with Crippen LogP contribution in [0.1, 0.15) is 17.3 Å². The summed E-state index contributed by atoms with van der Waals surface area (Å²) in [4.78, 5) is 24.6. The Bertz CT molecular complexity index is 1270. The Labute approximate surface area is 173 Å². The van der Waals surface area contributed by atoms with Crippen molar-refractivity contribution in [2.24, 2.45) is 0 Å². The molecule has 4 rings (SSSR count). The fourth-order valence-corrected chi connectivity index (χ4v) is 3.47. The van der Waals surface area contributed by atoms with Gasteiger partial charge in [0.1, 0.15) is 23.7 Å². The SMILES string of the molecule is C=CCOc1ccc2c(-c3ccccc3C(=O)OCC)c3ccc(=O)cc-3oc2c1. The van der Waals surface area contributed by atoms with Crippen molar-refractivity contribution in [1.82, 2.24) is 0 Å². The molecule has 0 bridgehead atoms. The van der Waals surface area contributed by atoms with Crippen molar-refractivity contribution in [3.63, 3.8) is 0 Å². The molecule has 2 aliphatic rings. The summed E-state index contributed by atoms with van der Waals surface area (Å²) in [6.07, 6.45) is 1.66. The average molecular weight is 400 g/mol. The Kier molecular flexibility index (Phi) is 5.35. The third-order valence-electron chi connectivity index (χ3n) is 4.72. The van der Waals surface area contributed by atoms with Gasteiger partial charge >= 0.3 is 5.97 Å². The van der Waals surface area contributed by atoms with E-state index in [0.717, 1.165) is 16.5 Å². The minimum Gasteiger partial charge on any atom is -0.489 e. The van der Waals surface area contributed by atoms with Gasteiger partial charge in [-0.2, -0.15) is 0 Å². The standard InChI is InChI=1S/C25H20O5/c1-3-13-29-17-10-12-21-23(15-17)30-22-14-16(26)9-11-20(22)24(21)18-7-5-6-8-19(18)25(27)28-4-2/h3,5-12,14-15H,1,4,13H2,2H3. The van der Waals surface area contributed by atoms with E-state index in [0.29, 0.717) is 34.8 Å². The Morgan fingerprint density at radius 2 is 1.90 bits per heavy atom. The number of hydrogen-bond acceptors (Lipinski definition) is 5. The molecule has 5 nitrogen and oxygen atoms in total. The lowest BCUT2D eigenvalue weighted by atomic mass is 9.91. The molecule has 0 fully saturated rings. The zero-order valence-corrected chi connectivity index (χ0v) is 16.5.